The summed E-state index contributed by atoms with van der Waals surface area (Å²) in [6, 6.07) is 9.85. The van der Waals surface area contributed by atoms with Gasteiger partial charge in [-0.15, -0.1) is 0 Å². The lowest BCUT2D eigenvalue weighted by molar-refractivity contribution is 0.521. The molecule has 0 bridgehead atoms. The molecule has 2 nitrogen and oxygen atoms in total. The monoisotopic (exact) mass is 336 g/mol. The van der Waals surface area contributed by atoms with Gasteiger partial charge in [-0.1, -0.05) is 35.0 Å². The normalized spacial score (nSPS) is 12.3. The number of halogens is 2. The molecule has 1 unspecified atom stereocenters. The number of hydrogen-bond donors (Lipinski definition) is 1. The highest BCUT2D eigenvalue weighted by Gasteiger charge is 2.12. The molecule has 106 valence electrons. The standard InChI is InChI=1S/C16H18BrFN2/c1-2-7-20-16(13-9-15(18)11-19-10-13)8-12-3-5-14(17)6-4-12/h3-6,9-11,16,20H,2,7-8H2,1H3. The van der Waals surface area contributed by atoms with E-state index in [2.05, 4.69) is 45.3 Å². The zero-order chi connectivity index (χ0) is 14.4. The second-order valence-corrected chi connectivity index (χ2v) is 5.69. The average molecular weight is 337 g/mol. The Kier molecular flexibility index (Phi) is 5.68. The van der Waals surface area contributed by atoms with Gasteiger partial charge in [0.15, 0.2) is 0 Å². The summed E-state index contributed by atoms with van der Waals surface area (Å²) >= 11 is 3.43. The Bertz CT molecular complexity index is 542. The molecule has 0 radical (unpaired) electrons. The first-order valence-corrected chi connectivity index (χ1v) is 7.56. The van der Waals surface area contributed by atoms with Gasteiger partial charge in [-0.2, -0.15) is 0 Å². The fourth-order valence-corrected chi connectivity index (χ4v) is 2.37. The number of rotatable bonds is 6. The van der Waals surface area contributed by atoms with Crippen molar-refractivity contribution in [1.29, 1.82) is 0 Å². The maximum atomic E-state index is 13.3. The maximum Gasteiger partial charge on any atom is 0.141 e. The van der Waals surface area contributed by atoms with Crippen LogP contribution in [0.2, 0.25) is 0 Å². The van der Waals surface area contributed by atoms with Crippen molar-refractivity contribution in [3.05, 3.63) is 64.1 Å². The van der Waals surface area contributed by atoms with E-state index in [9.17, 15) is 4.39 Å². The lowest BCUT2D eigenvalue weighted by Crippen LogP contribution is -2.24. The zero-order valence-corrected chi connectivity index (χ0v) is 13.0. The van der Waals surface area contributed by atoms with Crippen molar-refractivity contribution < 1.29 is 4.39 Å². The number of aromatic nitrogens is 1. The Morgan fingerprint density at radius 1 is 1.25 bits per heavy atom. The summed E-state index contributed by atoms with van der Waals surface area (Å²) in [5, 5.41) is 3.46. The Morgan fingerprint density at radius 3 is 2.65 bits per heavy atom. The van der Waals surface area contributed by atoms with Crippen LogP contribution in [0.4, 0.5) is 4.39 Å². The molecule has 0 spiro atoms. The van der Waals surface area contributed by atoms with E-state index < -0.39 is 0 Å². The first-order valence-electron chi connectivity index (χ1n) is 6.77. The minimum Gasteiger partial charge on any atom is -0.310 e. The van der Waals surface area contributed by atoms with Gasteiger partial charge in [0, 0.05) is 16.7 Å². The molecule has 1 N–H and O–H groups in total. The van der Waals surface area contributed by atoms with E-state index in [-0.39, 0.29) is 11.9 Å². The van der Waals surface area contributed by atoms with Crippen molar-refractivity contribution in [2.45, 2.75) is 25.8 Å². The van der Waals surface area contributed by atoms with Gasteiger partial charge in [-0.3, -0.25) is 4.98 Å². The lowest BCUT2D eigenvalue weighted by Gasteiger charge is -2.19. The van der Waals surface area contributed by atoms with E-state index in [1.165, 1.54) is 11.8 Å². The molecule has 1 aromatic heterocycles. The Hall–Kier alpha value is -1.26. The summed E-state index contributed by atoms with van der Waals surface area (Å²) in [4.78, 5) is 3.95. The predicted octanol–water partition coefficient (Wildman–Crippen LogP) is 4.27. The van der Waals surface area contributed by atoms with Crippen LogP contribution in [-0.2, 0) is 6.42 Å². The van der Waals surface area contributed by atoms with E-state index in [1.807, 2.05) is 12.1 Å². The summed E-state index contributed by atoms with van der Waals surface area (Å²) in [5.74, 6) is -0.290. The third kappa shape index (κ3) is 4.39. The average Bonchev–Trinajstić information content (AvgIpc) is 2.45. The largest absolute Gasteiger partial charge is 0.310 e. The molecular formula is C16H18BrFN2. The third-order valence-corrected chi connectivity index (χ3v) is 3.65. The third-order valence-electron chi connectivity index (χ3n) is 3.12. The Morgan fingerprint density at radius 2 is 2.00 bits per heavy atom. The molecule has 0 amide bonds. The van der Waals surface area contributed by atoms with Crippen LogP contribution in [-0.4, -0.2) is 11.5 Å². The molecular weight excluding hydrogens is 319 g/mol. The number of benzene rings is 1. The van der Waals surface area contributed by atoms with Gasteiger partial charge in [-0.25, -0.2) is 4.39 Å². The minimum absolute atomic E-state index is 0.0827. The fraction of sp³-hybridized carbons (Fsp3) is 0.312. The van der Waals surface area contributed by atoms with Gasteiger partial charge < -0.3 is 5.32 Å². The molecule has 0 aliphatic heterocycles. The van der Waals surface area contributed by atoms with Gasteiger partial charge in [0.1, 0.15) is 5.82 Å². The van der Waals surface area contributed by atoms with Gasteiger partial charge in [0.2, 0.25) is 0 Å². The van der Waals surface area contributed by atoms with E-state index in [0.29, 0.717) is 0 Å². The molecule has 4 heteroatoms. The minimum atomic E-state index is -0.290. The van der Waals surface area contributed by atoms with Crippen LogP contribution in [0.15, 0.2) is 47.2 Å². The summed E-state index contributed by atoms with van der Waals surface area (Å²) in [6.07, 6.45) is 4.83. The highest BCUT2D eigenvalue weighted by molar-refractivity contribution is 9.10. The van der Waals surface area contributed by atoms with Crippen LogP contribution in [0, 0.1) is 5.82 Å². The van der Waals surface area contributed by atoms with Gasteiger partial charge >= 0.3 is 0 Å². The van der Waals surface area contributed by atoms with Crippen LogP contribution >= 0.6 is 15.9 Å². The van der Waals surface area contributed by atoms with Crippen molar-refractivity contribution >= 4 is 15.9 Å². The summed E-state index contributed by atoms with van der Waals surface area (Å²) in [5.41, 5.74) is 2.10. The number of nitrogens with zero attached hydrogens (tertiary/aromatic N) is 1. The summed E-state index contributed by atoms with van der Waals surface area (Å²) in [7, 11) is 0. The fourth-order valence-electron chi connectivity index (χ4n) is 2.10. The number of nitrogens with one attached hydrogen (secondary N) is 1. The molecule has 0 saturated carbocycles. The van der Waals surface area contributed by atoms with Crippen molar-refractivity contribution in [3.63, 3.8) is 0 Å². The molecule has 20 heavy (non-hydrogen) atoms. The molecule has 1 atom stereocenters. The highest BCUT2D eigenvalue weighted by atomic mass is 79.9. The van der Waals surface area contributed by atoms with Crippen molar-refractivity contribution in [2.75, 3.05) is 6.54 Å². The molecule has 1 heterocycles. The molecule has 0 saturated heterocycles. The van der Waals surface area contributed by atoms with Crippen molar-refractivity contribution in [2.24, 2.45) is 0 Å². The summed E-state index contributed by atoms with van der Waals surface area (Å²) in [6.45, 7) is 3.02. The molecule has 1 aromatic carbocycles. The van der Waals surface area contributed by atoms with Crippen LogP contribution in [0.25, 0.3) is 0 Å². The second-order valence-electron chi connectivity index (χ2n) is 4.77. The van der Waals surface area contributed by atoms with Crippen LogP contribution in [0.3, 0.4) is 0 Å². The Balaban J connectivity index is 2.16. The van der Waals surface area contributed by atoms with E-state index in [0.717, 1.165) is 29.4 Å². The second kappa shape index (κ2) is 7.50. The molecule has 0 aliphatic rings. The first kappa shape index (κ1) is 15.1. The van der Waals surface area contributed by atoms with Crippen LogP contribution in [0.1, 0.15) is 30.5 Å². The number of pyridine rings is 1. The first-order chi connectivity index (χ1) is 9.69. The van der Waals surface area contributed by atoms with Gasteiger partial charge in [-0.05, 0) is 48.7 Å². The SMILES string of the molecule is CCCNC(Cc1ccc(Br)cc1)c1cncc(F)c1. The molecule has 0 fully saturated rings. The molecule has 0 aliphatic carbocycles. The van der Waals surface area contributed by atoms with E-state index in [4.69, 9.17) is 0 Å². The highest BCUT2D eigenvalue weighted by Crippen LogP contribution is 2.20. The zero-order valence-electron chi connectivity index (χ0n) is 11.4. The van der Waals surface area contributed by atoms with E-state index in [1.54, 1.807) is 12.3 Å². The van der Waals surface area contributed by atoms with E-state index >= 15 is 0 Å². The topological polar surface area (TPSA) is 24.9 Å². The molecule has 2 rings (SSSR count). The van der Waals surface area contributed by atoms with Gasteiger partial charge in [0.05, 0.1) is 6.20 Å². The van der Waals surface area contributed by atoms with Crippen molar-refractivity contribution in [3.8, 4) is 0 Å². The summed E-state index contributed by atoms with van der Waals surface area (Å²) < 4.78 is 14.4. The van der Waals surface area contributed by atoms with Gasteiger partial charge in [0.25, 0.3) is 0 Å². The maximum absolute atomic E-state index is 13.3. The smallest absolute Gasteiger partial charge is 0.141 e. The Labute approximate surface area is 127 Å². The lowest BCUT2D eigenvalue weighted by atomic mass is 10.00. The van der Waals surface area contributed by atoms with Crippen LogP contribution in [0.5, 0.6) is 0 Å². The van der Waals surface area contributed by atoms with Crippen molar-refractivity contribution in [1.82, 2.24) is 10.3 Å². The molecule has 2 aromatic rings. The number of hydrogen-bond acceptors (Lipinski definition) is 2. The van der Waals surface area contributed by atoms with Crippen LogP contribution < -0.4 is 5.32 Å². The quantitative estimate of drug-likeness (QED) is 0.852. The predicted molar refractivity (Wildman–Crippen MR) is 83.1 cm³/mol.